The summed E-state index contributed by atoms with van der Waals surface area (Å²) in [4.78, 5) is 23.5. The number of carbonyl (C=O) groups is 2. The normalized spacial score (nSPS) is 13.2. The predicted molar refractivity (Wildman–Crippen MR) is 79.8 cm³/mol. The van der Waals surface area contributed by atoms with Gasteiger partial charge in [0, 0.05) is 0 Å². The van der Waals surface area contributed by atoms with Gasteiger partial charge >= 0.3 is 5.97 Å². The van der Waals surface area contributed by atoms with E-state index in [1.165, 1.54) is 25.1 Å². The van der Waals surface area contributed by atoms with E-state index in [0.29, 0.717) is 5.56 Å². The molecule has 4 nitrogen and oxygen atoms in total. The van der Waals surface area contributed by atoms with E-state index in [1.807, 2.05) is 0 Å². The van der Waals surface area contributed by atoms with E-state index in [2.05, 4.69) is 5.32 Å². The zero-order valence-corrected chi connectivity index (χ0v) is 12.0. The standard InChI is InChI=1S/C17H16FNO3/c1-11(17(21)22)15(12-7-3-2-4-8-12)19-16(20)13-9-5-6-10-14(13)18/h2-11,15H,1H3,(H,19,20)(H,21,22)/t11-,15+/m1/s1. The molecule has 0 saturated heterocycles. The molecule has 0 heterocycles. The summed E-state index contributed by atoms with van der Waals surface area (Å²) in [6.45, 7) is 1.50. The lowest BCUT2D eigenvalue weighted by Crippen LogP contribution is -2.36. The highest BCUT2D eigenvalue weighted by molar-refractivity contribution is 5.95. The molecule has 2 atom stereocenters. The highest BCUT2D eigenvalue weighted by Gasteiger charge is 2.27. The van der Waals surface area contributed by atoms with Crippen LogP contribution >= 0.6 is 0 Å². The number of aliphatic carboxylic acids is 1. The molecule has 0 spiro atoms. The maximum Gasteiger partial charge on any atom is 0.308 e. The molecule has 0 radical (unpaired) electrons. The van der Waals surface area contributed by atoms with Crippen molar-refractivity contribution in [3.05, 3.63) is 71.5 Å². The monoisotopic (exact) mass is 301 g/mol. The van der Waals surface area contributed by atoms with Crippen LogP contribution in [0.25, 0.3) is 0 Å². The molecule has 0 saturated carbocycles. The van der Waals surface area contributed by atoms with Crippen molar-refractivity contribution in [3.8, 4) is 0 Å². The van der Waals surface area contributed by atoms with E-state index in [1.54, 1.807) is 36.4 Å². The largest absolute Gasteiger partial charge is 0.481 e. The Hall–Kier alpha value is -2.69. The van der Waals surface area contributed by atoms with Gasteiger partial charge in [0.1, 0.15) is 5.82 Å². The Morgan fingerprint density at radius 1 is 1.05 bits per heavy atom. The average Bonchev–Trinajstić information content (AvgIpc) is 2.53. The second-order valence-corrected chi connectivity index (χ2v) is 4.97. The van der Waals surface area contributed by atoms with Crippen LogP contribution in [0.5, 0.6) is 0 Å². The van der Waals surface area contributed by atoms with Crippen LogP contribution in [-0.4, -0.2) is 17.0 Å². The van der Waals surface area contributed by atoms with E-state index in [-0.39, 0.29) is 5.56 Å². The van der Waals surface area contributed by atoms with Crippen molar-refractivity contribution in [1.82, 2.24) is 5.32 Å². The molecule has 0 bridgehead atoms. The van der Waals surface area contributed by atoms with Crippen molar-refractivity contribution in [2.75, 3.05) is 0 Å². The molecule has 114 valence electrons. The summed E-state index contributed by atoms with van der Waals surface area (Å²) in [5, 5.41) is 11.8. The van der Waals surface area contributed by atoms with Gasteiger partial charge in [-0.2, -0.15) is 0 Å². The fraction of sp³-hybridized carbons (Fsp3) is 0.176. The number of carboxylic acids is 1. The van der Waals surface area contributed by atoms with Gasteiger partial charge in [0.25, 0.3) is 5.91 Å². The second kappa shape index (κ2) is 6.85. The Bertz CT molecular complexity index is 673. The van der Waals surface area contributed by atoms with Gasteiger partial charge in [0.2, 0.25) is 0 Å². The number of nitrogens with one attached hydrogen (secondary N) is 1. The molecule has 0 aliphatic carbocycles. The summed E-state index contributed by atoms with van der Waals surface area (Å²) in [5.41, 5.74) is 0.545. The fourth-order valence-corrected chi connectivity index (χ4v) is 2.16. The molecule has 2 aromatic carbocycles. The van der Waals surface area contributed by atoms with Gasteiger partial charge in [0.15, 0.2) is 0 Å². The number of carboxylic acid groups (broad SMARTS) is 1. The summed E-state index contributed by atoms with van der Waals surface area (Å²) < 4.78 is 13.7. The van der Waals surface area contributed by atoms with Gasteiger partial charge in [-0.3, -0.25) is 9.59 Å². The molecule has 0 fully saturated rings. The van der Waals surface area contributed by atoms with E-state index in [0.717, 1.165) is 0 Å². The minimum absolute atomic E-state index is 0.110. The molecular formula is C17H16FNO3. The smallest absolute Gasteiger partial charge is 0.308 e. The first-order chi connectivity index (χ1) is 10.5. The first-order valence-electron chi connectivity index (χ1n) is 6.84. The van der Waals surface area contributed by atoms with Gasteiger partial charge in [0.05, 0.1) is 17.5 Å². The van der Waals surface area contributed by atoms with Crippen molar-refractivity contribution in [3.63, 3.8) is 0 Å². The molecule has 0 aliphatic heterocycles. The third kappa shape index (κ3) is 3.49. The molecule has 1 amide bonds. The van der Waals surface area contributed by atoms with Crippen LogP contribution in [0.4, 0.5) is 4.39 Å². The van der Waals surface area contributed by atoms with E-state index in [4.69, 9.17) is 0 Å². The average molecular weight is 301 g/mol. The highest BCUT2D eigenvalue weighted by Crippen LogP contribution is 2.23. The van der Waals surface area contributed by atoms with Crippen LogP contribution in [0.3, 0.4) is 0 Å². The van der Waals surface area contributed by atoms with Crippen molar-refractivity contribution >= 4 is 11.9 Å². The van der Waals surface area contributed by atoms with Gasteiger partial charge in [-0.05, 0) is 24.6 Å². The van der Waals surface area contributed by atoms with Crippen LogP contribution in [0.2, 0.25) is 0 Å². The predicted octanol–water partition coefficient (Wildman–Crippen LogP) is 3.02. The van der Waals surface area contributed by atoms with Crippen LogP contribution in [0.1, 0.15) is 28.9 Å². The highest BCUT2D eigenvalue weighted by atomic mass is 19.1. The third-order valence-electron chi connectivity index (χ3n) is 3.45. The number of hydrogen-bond donors (Lipinski definition) is 2. The molecule has 5 heteroatoms. The maximum absolute atomic E-state index is 13.7. The lowest BCUT2D eigenvalue weighted by atomic mass is 9.94. The van der Waals surface area contributed by atoms with Crippen molar-refractivity contribution in [2.45, 2.75) is 13.0 Å². The summed E-state index contributed by atoms with van der Waals surface area (Å²) in [6, 6.07) is 13.6. The van der Waals surface area contributed by atoms with Gasteiger partial charge < -0.3 is 10.4 Å². The molecule has 2 aromatic rings. The number of carbonyl (C=O) groups excluding carboxylic acids is 1. The fourth-order valence-electron chi connectivity index (χ4n) is 2.16. The number of amides is 1. The van der Waals surface area contributed by atoms with Crippen LogP contribution in [-0.2, 0) is 4.79 Å². The Balaban J connectivity index is 2.29. The van der Waals surface area contributed by atoms with Crippen molar-refractivity contribution in [1.29, 1.82) is 0 Å². The Kier molecular flexibility index (Phi) is 4.88. The van der Waals surface area contributed by atoms with E-state index >= 15 is 0 Å². The van der Waals surface area contributed by atoms with Crippen LogP contribution in [0, 0.1) is 11.7 Å². The zero-order chi connectivity index (χ0) is 16.1. The topological polar surface area (TPSA) is 66.4 Å². The molecule has 0 unspecified atom stereocenters. The summed E-state index contributed by atoms with van der Waals surface area (Å²) in [5.74, 6) is -3.17. The minimum Gasteiger partial charge on any atom is -0.481 e. The number of benzene rings is 2. The third-order valence-corrected chi connectivity index (χ3v) is 3.45. The Labute approximate surface area is 127 Å². The zero-order valence-electron chi connectivity index (χ0n) is 12.0. The van der Waals surface area contributed by atoms with Gasteiger partial charge in [-0.1, -0.05) is 42.5 Å². The molecule has 22 heavy (non-hydrogen) atoms. The summed E-state index contributed by atoms with van der Waals surface area (Å²) in [6.07, 6.45) is 0. The maximum atomic E-state index is 13.7. The van der Waals surface area contributed by atoms with E-state index in [9.17, 15) is 19.1 Å². The second-order valence-electron chi connectivity index (χ2n) is 4.97. The SMILES string of the molecule is C[C@@H](C(=O)O)[C@H](NC(=O)c1ccccc1F)c1ccccc1. The quantitative estimate of drug-likeness (QED) is 0.892. The summed E-state index contributed by atoms with van der Waals surface area (Å²) in [7, 11) is 0. The molecule has 0 aliphatic rings. The lowest BCUT2D eigenvalue weighted by molar-refractivity contribution is -0.142. The van der Waals surface area contributed by atoms with E-state index < -0.39 is 29.7 Å². The van der Waals surface area contributed by atoms with Crippen molar-refractivity contribution in [2.24, 2.45) is 5.92 Å². The molecular weight excluding hydrogens is 285 g/mol. The lowest BCUT2D eigenvalue weighted by Gasteiger charge is -2.23. The summed E-state index contributed by atoms with van der Waals surface area (Å²) >= 11 is 0. The minimum atomic E-state index is -1.04. The van der Waals surface area contributed by atoms with Gasteiger partial charge in [-0.25, -0.2) is 4.39 Å². The molecule has 2 N–H and O–H groups in total. The number of rotatable bonds is 5. The van der Waals surface area contributed by atoms with Crippen molar-refractivity contribution < 1.29 is 19.1 Å². The number of halogens is 1. The Morgan fingerprint density at radius 3 is 2.23 bits per heavy atom. The van der Waals surface area contributed by atoms with Crippen LogP contribution < -0.4 is 5.32 Å². The van der Waals surface area contributed by atoms with Gasteiger partial charge in [-0.15, -0.1) is 0 Å². The molecule has 0 aromatic heterocycles. The molecule has 2 rings (SSSR count). The van der Waals surface area contributed by atoms with Crippen LogP contribution in [0.15, 0.2) is 54.6 Å². The Morgan fingerprint density at radius 2 is 1.64 bits per heavy atom. The first-order valence-corrected chi connectivity index (χ1v) is 6.84. The number of hydrogen-bond acceptors (Lipinski definition) is 2. The first kappa shape index (κ1) is 15.7.